The molecule has 24 heavy (non-hydrogen) atoms. The van der Waals surface area contributed by atoms with Gasteiger partial charge in [0, 0.05) is 41.5 Å². The summed E-state index contributed by atoms with van der Waals surface area (Å²) in [5.74, 6) is -0.523. The number of benzene rings is 1. The number of nitrogens with zero attached hydrogens (tertiary/aromatic N) is 3. The number of halogens is 2. The normalized spacial score (nSPS) is 14.3. The van der Waals surface area contributed by atoms with Crippen molar-refractivity contribution < 1.29 is 9.18 Å². The number of rotatable bonds is 4. The van der Waals surface area contributed by atoms with Gasteiger partial charge in [-0.15, -0.1) is 11.3 Å². The van der Waals surface area contributed by atoms with Gasteiger partial charge < -0.3 is 4.90 Å². The van der Waals surface area contributed by atoms with Crippen molar-refractivity contribution in [3.8, 4) is 0 Å². The molecule has 2 aromatic heterocycles. The number of carbonyl (C=O) groups excluding carboxylic acids is 1. The van der Waals surface area contributed by atoms with E-state index in [0.717, 1.165) is 18.4 Å². The number of hydrogen-bond donors (Lipinski definition) is 0. The Morgan fingerprint density at radius 1 is 1.50 bits per heavy atom. The third-order valence-corrected chi connectivity index (χ3v) is 5.79. The Balaban J connectivity index is 1.70. The van der Waals surface area contributed by atoms with Crippen LogP contribution in [0.4, 0.5) is 4.39 Å². The van der Waals surface area contributed by atoms with Crippen LogP contribution in [0.25, 0.3) is 10.1 Å². The third-order valence-electron chi connectivity index (χ3n) is 4.16. The number of fused-ring (bicyclic) bond motifs is 1. The standard InChI is InChI=1S/C17H15ClFN3OS/c1-21-8-10(7-20-21)9-22(11-5-6-11)17(23)16-15(18)14-12(19)3-2-4-13(14)24-16/h2-4,7-8,11H,5-6,9H2,1H3. The molecule has 1 amide bonds. The van der Waals surface area contributed by atoms with E-state index in [1.807, 2.05) is 18.1 Å². The molecule has 1 saturated carbocycles. The SMILES string of the molecule is Cn1cc(CN(C(=O)c2sc3cccc(F)c3c2Cl)C2CC2)cn1. The highest BCUT2D eigenvalue weighted by molar-refractivity contribution is 7.21. The van der Waals surface area contributed by atoms with E-state index in [9.17, 15) is 9.18 Å². The van der Waals surface area contributed by atoms with Crippen molar-refractivity contribution in [3.05, 3.63) is 51.9 Å². The van der Waals surface area contributed by atoms with Crippen molar-refractivity contribution in [3.63, 3.8) is 0 Å². The van der Waals surface area contributed by atoms with E-state index in [2.05, 4.69) is 5.10 Å². The second kappa shape index (κ2) is 5.86. The van der Waals surface area contributed by atoms with Crippen LogP contribution in [0.15, 0.2) is 30.6 Å². The lowest BCUT2D eigenvalue weighted by atomic mass is 10.2. The van der Waals surface area contributed by atoms with Crippen LogP contribution in [0.1, 0.15) is 28.1 Å². The van der Waals surface area contributed by atoms with E-state index in [4.69, 9.17) is 11.6 Å². The predicted molar refractivity (Wildman–Crippen MR) is 92.9 cm³/mol. The van der Waals surface area contributed by atoms with Gasteiger partial charge in [0.1, 0.15) is 10.7 Å². The highest BCUT2D eigenvalue weighted by atomic mass is 35.5. The lowest BCUT2D eigenvalue weighted by Crippen LogP contribution is -2.32. The summed E-state index contributed by atoms with van der Waals surface area (Å²) in [7, 11) is 1.85. The van der Waals surface area contributed by atoms with Crippen LogP contribution < -0.4 is 0 Å². The van der Waals surface area contributed by atoms with Crippen LogP contribution in [0, 0.1) is 5.82 Å². The maximum absolute atomic E-state index is 14.0. The maximum atomic E-state index is 14.0. The lowest BCUT2D eigenvalue weighted by molar-refractivity contribution is 0.0735. The van der Waals surface area contributed by atoms with Crippen LogP contribution in [0.3, 0.4) is 0 Å². The predicted octanol–water partition coefficient (Wildman–Crippen LogP) is 4.23. The monoisotopic (exact) mass is 363 g/mol. The van der Waals surface area contributed by atoms with Gasteiger partial charge in [0.2, 0.25) is 0 Å². The van der Waals surface area contributed by atoms with E-state index in [1.165, 1.54) is 17.4 Å². The highest BCUT2D eigenvalue weighted by Gasteiger charge is 2.35. The van der Waals surface area contributed by atoms with Gasteiger partial charge in [0.15, 0.2) is 0 Å². The largest absolute Gasteiger partial charge is 0.330 e. The summed E-state index contributed by atoms with van der Waals surface area (Å²) in [4.78, 5) is 15.3. The fourth-order valence-corrected chi connectivity index (χ4v) is 4.35. The Morgan fingerprint density at radius 2 is 2.29 bits per heavy atom. The van der Waals surface area contributed by atoms with Gasteiger partial charge in [0.25, 0.3) is 5.91 Å². The maximum Gasteiger partial charge on any atom is 0.266 e. The molecule has 0 atom stereocenters. The third kappa shape index (κ3) is 2.70. The number of amides is 1. The molecule has 1 aliphatic rings. The fourth-order valence-electron chi connectivity index (χ4n) is 2.84. The molecular formula is C17H15ClFN3OS. The van der Waals surface area contributed by atoms with Gasteiger partial charge in [-0.3, -0.25) is 9.48 Å². The average molecular weight is 364 g/mol. The number of carbonyl (C=O) groups is 1. The lowest BCUT2D eigenvalue weighted by Gasteiger charge is -2.21. The molecule has 1 fully saturated rings. The van der Waals surface area contributed by atoms with E-state index in [-0.39, 0.29) is 17.0 Å². The Bertz CT molecular complexity index is 931. The molecule has 0 spiro atoms. The summed E-state index contributed by atoms with van der Waals surface area (Å²) in [5.41, 5.74) is 0.973. The number of aryl methyl sites for hydroxylation is 1. The minimum absolute atomic E-state index is 0.132. The van der Waals surface area contributed by atoms with Crippen molar-refractivity contribution in [1.82, 2.24) is 14.7 Å². The zero-order chi connectivity index (χ0) is 16.8. The summed E-state index contributed by atoms with van der Waals surface area (Å²) in [6.45, 7) is 0.490. The Kier molecular flexibility index (Phi) is 3.81. The average Bonchev–Trinajstić information content (AvgIpc) is 3.22. The Hall–Kier alpha value is -1.92. The van der Waals surface area contributed by atoms with Gasteiger partial charge in [-0.25, -0.2) is 4.39 Å². The zero-order valence-electron chi connectivity index (χ0n) is 13.0. The first-order valence-electron chi connectivity index (χ1n) is 7.69. The summed E-state index contributed by atoms with van der Waals surface area (Å²) >= 11 is 7.59. The molecule has 4 rings (SSSR count). The molecular weight excluding hydrogens is 349 g/mol. The van der Waals surface area contributed by atoms with Crippen molar-refractivity contribution >= 4 is 38.9 Å². The minimum Gasteiger partial charge on any atom is -0.330 e. The van der Waals surface area contributed by atoms with E-state index >= 15 is 0 Å². The second-order valence-corrected chi connectivity index (χ2v) is 7.47. The topological polar surface area (TPSA) is 38.1 Å². The Morgan fingerprint density at radius 3 is 2.92 bits per heavy atom. The van der Waals surface area contributed by atoms with E-state index < -0.39 is 5.82 Å². The van der Waals surface area contributed by atoms with Crippen molar-refractivity contribution in [1.29, 1.82) is 0 Å². The van der Waals surface area contributed by atoms with Gasteiger partial charge in [-0.05, 0) is 25.0 Å². The molecule has 1 aliphatic carbocycles. The minimum atomic E-state index is -0.391. The van der Waals surface area contributed by atoms with Crippen molar-refractivity contribution in [2.45, 2.75) is 25.4 Å². The van der Waals surface area contributed by atoms with Gasteiger partial charge in [0.05, 0.1) is 11.2 Å². The number of thiophene rings is 1. The smallest absolute Gasteiger partial charge is 0.266 e. The highest BCUT2D eigenvalue weighted by Crippen LogP contribution is 2.39. The molecule has 0 aliphatic heterocycles. The molecule has 3 aromatic rings. The first-order chi connectivity index (χ1) is 11.5. The van der Waals surface area contributed by atoms with E-state index in [1.54, 1.807) is 23.0 Å². The van der Waals surface area contributed by atoms with Gasteiger partial charge >= 0.3 is 0 Å². The van der Waals surface area contributed by atoms with Crippen molar-refractivity contribution in [2.75, 3.05) is 0 Å². The van der Waals surface area contributed by atoms with Crippen LogP contribution in [0.2, 0.25) is 5.02 Å². The van der Waals surface area contributed by atoms with Crippen LogP contribution in [-0.4, -0.2) is 26.6 Å². The zero-order valence-corrected chi connectivity index (χ0v) is 14.6. The first kappa shape index (κ1) is 15.6. The number of aromatic nitrogens is 2. The van der Waals surface area contributed by atoms with Gasteiger partial charge in [-0.1, -0.05) is 17.7 Å². The molecule has 0 N–H and O–H groups in total. The number of hydrogen-bond acceptors (Lipinski definition) is 3. The molecule has 124 valence electrons. The molecule has 0 unspecified atom stereocenters. The van der Waals surface area contributed by atoms with Gasteiger partial charge in [-0.2, -0.15) is 5.10 Å². The second-order valence-electron chi connectivity index (χ2n) is 6.04. The summed E-state index contributed by atoms with van der Waals surface area (Å²) in [6.07, 6.45) is 5.63. The molecule has 0 radical (unpaired) electrons. The van der Waals surface area contributed by atoms with Crippen LogP contribution in [-0.2, 0) is 13.6 Å². The Labute approximate surface area is 147 Å². The summed E-state index contributed by atoms with van der Waals surface area (Å²) in [6, 6.07) is 5.01. The summed E-state index contributed by atoms with van der Waals surface area (Å²) < 4.78 is 16.4. The molecule has 0 bridgehead atoms. The fraction of sp³-hybridized carbons (Fsp3) is 0.294. The summed E-state index contributed by atoms with van der Waals surface area (Å²) in [5, 5.41) is 4.71. The van der Waals surface area contributed by atoms with Crippen molar-refractivity contribution in [2.24, 2.45) is 7.05 Å². The molecule has 4 nitrogen and oxygen atoms in total. The quantitative estimate of drug-likeness (QED) is 0.695. The van der Waals surface area contributed by atoms with E-state index in [0.29, 0.717) is 21.5 Å². The molecule has 2 heterocycles. The molecule has 7 heteroatoms. The van der Waals surface area contributed by atoms with Crippen LogP contribution >= 0.6 is 22.9 Å². The molecule has 1 aromatic carbocycles. The first-order valence-corrected chi connectivity index (χ1v) is 8.89. The van der Waals surface area contributed by atoms with Crippen LogP contribution in [0.5, 0.6) is 0 Å². The molecule has 0 saturated heterocycles.